The van der Waals surface area contributed by atoms with Gasteiger partial charge in [0.05, 0.1) is 17.9 Å². The van der Waals surface area contributed by atoms with Crippen molar-refractivity contribution in [1.29, 1.82) is 0 Å². The molecule has 28 heavy (non-hydrogen) atoms. The van der Waals surface area contributed by atoms with Crippen LogP contribution >= 0.6 is 11.8 Å². The summed E-state index contributed by atoms with van der Waals surface area (Å²) in [6.45, 7) is 4.32. The first-order chi connectivity index (χ1) is 13.4. The smallest absolute Gasteiger partial charge is 0.344 e. The number of carbonyl (C=O) groups is 2. The molecule has 0 saturated carbocycles. The monoisotopic (exact) mass is 405 g/mol. The van der Waals surface area contributed by atoms with Crippen LogP contribution in [0, 0.1) is 0 Å². The Morgan fingerprint density at radius 3 is 2.61 bits per heavy atom. The van der Waals surface area contributed by atoms with Crippen LogP contribution in [0.15, 0.2) is 34.2 Å². The Morgan fingerprint density at radius 2 is 2.00 bits per heavy atom. The maximum atomic E-state index is 12.5. The first-order valence-electron chi connectivity index (χ1n) is 9.04. The number of thioether (sulfide) groups is 1. The fourth-order valence-electron chi connectivity index (χ4n) is 2.84. The molecule has 10 heteroatoms. The zero-order valence-electron chi connectivity index (χ0n) is 15.7. The Hall–Kier alpha value is -2.59. The summed E-state index contributed by atoms with van der Waals surface area (Å²) in [4.78, 5) is 35.6. The molecule has 0 bridgehead atoms. The molecule has 1 aliphatic heterocycles. The number of amides is 2. The zero-order chi connectivity index (χ0) is 20.1. The Balaban J connectivity index is 1.60. The summed E-state index contributed by atoms with van der Waals surface area (Å²) in [5.41, 5.74) is 0.965. The van der Waals surface area contributed by atoms with Crippen LogP contribution in [0.25, 0.3) is 0 Å². The minimum absolute atomic E-state index is 0.000842. The van der Waals surface area contributed by atoms with E-state index in [0.29, 0.717) is 29.7 Å². The van der Waals surface area contributed by atoms with E-state index < -0.39 is 5.25 Å². The molecular formula is C18H23N5O4S. The van der Waals surface area contributed by atoms with E-state index in [1.807, 2.05) is 0 Å². The molecule has 1 saturated heterocycles. The second-order valence-corrected chi connectivity index (χ2v) is 7.87. The van der Waals surface area contributed by atoms with Gasteiger partial charge in [0.15, 0.2) is 5.16 Å². The van der Waals surface area contributed by atoms with Gasteiger partial charge in [-0.1, -0.05) is 11.8 Å². The first kappa shape index (κ1) is 20.2. The highest BCUT2D eigenvalue weighted by Gasteiger charge is 2.23. The number of nitrogens with zero attached hydrogens (tertiary/aromatic N) is 2. The largest absolute Gasteiger partial charge is 0.376 e. The number of hydrogen-bond acceptors (Lipinski definition) is 6. The number of carbonyl (C=O) groups excluding carboxylic acids is 2. The molecule has 150 valence electrons. The van der Waals surface area contributed by atoms with E-state index in [0.717, 1.165) is 12.8 Å². The molecule has 9 nitrogen and oxygen atoms in total. The summed E-state index contributed by atoms with van der Waals surface area (Å²) < 4.78 is 7.11. The predicted octanol–water partition coefficient (Wildman–Crippen LogP) is 1.83. The molecule has 1 aromatic heterocycles. The third-order valence-electron chi connectivity index (χ3n) is 4.26. The number of H-pyrrole nitrogens is 1. The Morgan fingerprint density at radius 1 is 1.32 bits per heavy atom. The molecule has 0 spiro atoms. The number of ether oxygens (including phenoxy) is 1. The van der Waals surface area contributed by atoms with Gasteiger partial charge in [0.1, 0.15) is 0 Å². The van der Waals surface area contributed by atoms with Gasteiger partial charge in [-0.15, -0.1) is 5.10 Å². The Bertz CT molecular complexity index is 886. The fraction of sp³-hybridized carbons (Fsp3) is 0.444. The van der Waals surface area contributed by atoms with Crippen LogP contribution < -0.4 is 16.3 Å². The lowest BCUT2D eigenvalue weighted by Gasteiger charge is -2.14. The van der Waals surface area contributed by atoms with Crippen molar-refractivity contribution < 1.29 is 14.3 Å². The van der Waals surface area contributed by atoms with Crippen molar-refractivity contribution in [3.05, 3.63) is 34.7 Å². The van der Waals surface area contributed by atoms with Crippen LogP contribution in [0.1, 0.15) is 26.7 Å². The summed E-state index contributed by atoms with van der Waals surface area (Å²) >= 11 is 1.21. The number of anilines is 2. The molecule has 1 aromatic carbocycles. The van der Waals surface area contributed by atoms with E-state index in [4.69, 9.17) is 4.74 Å². The molecule has 2 unspecified atom stereocenters. The van der Waals surface area contributed by atoms with Gasteiger partial charge >= 0.3 is 5.69 Å². The van der Waals surface area contributed by atoms with Crippen LogP contribution in [0.5, 0.6) is 0 Å². The standard InChI is InChI=1S/C18H23N5O4S/c1-11(16(25)20-14-7-5-13(6-8-14)19-12(2)24)28-18-22-21-17(26)23(18)10-15-4-3-9-27-15/h5-8,11,15H,3-4,9-10H2,1-2H3,(H,19,24)(H,20,25)(H,21,26). The minimum atomic E-state index is -0.464. The van der Waals surface area contributed by atoms with Crippen LogP contribution in [-0.2, 0) is 20.9 Å². The second-order valence-electron chi connectivity index (χ2n) is 6.56. The van der Waals surface area contributed by atoms with E-state index >= 15 is 0 Å². The summed E-state index contributed by atoms with van der Waals surface area (Å²) in [6.07, 6.45) is 1.90. The van der Waals surface area contributed by atoms with Gasteiger partial charge in [0.25, 0.3) is 0 Å². The van der Waals surface area contributed by atoms with Gasteiger partial charge in [-0.05, 0) is 44.0 Å². The van der Waals surface area contributed by atoms with Crippen molar-refractivity contribution >= 4 is 35.0 Å². The maximum absolute atomic E-state index is 12.5. The maximum Gasteiger partial charge on any atom is 0.344 e. The zero-order valence-corrected chi connectivity index (χ0v) is 16.5. The van der Waals surface area contributed by atoms with E-state index in [9.17, 15) is 14.4 Å². The normalized spacial score (nSPS) is 17.3. The highest BCUT2D eigenvalue weighted by Crippen LogP contribution is 2.23. The van der Waals surface area contributed by atoms with E-state index in [1.165, 1.54) is 23.3 Å². The quantitative estimate of drug-likeness (QED) is 0.605. The molecular weight excluding hydrogens is 382 g/mol. The van der Waals surface area contributed by atoms with Gasteiger partial charge in [-0.2, -0.15) is 0 Å². The Kier molecular flexibility index (Phi) is 6.53. The molecule has 2 heterocycles. The number of rotatable bonds is 7. The van der Waals surface area contributed by atoms with Crippen molar-refractivity contribution in [3.63, 3.8) is 0 Å². The van der Waals surface area contributed by atoms with E-state index in [-0.39, 0.29) is 23.6 Å². The lowest BCUT2D eigenvalue weighted by molar-refractivity contribution is -0.115. The SMILES string of the molecule is CC(=O)Nc1ccc(NC(=O)C(C)Sc2n[nH]c(=O)n2CC2CCCO2)cc1. The number of benzene rings is 1. The third kappa shape index (κ3) is 5.23. The van der Waals surface area contributed by atoms with Gasteiger partial charge in [-0.25, -0.2) is 9.89 Å². The second kappa shape index (κ2) is 9.07. The Labute approximate surface area is 166 Å². The van der Waals surface area contributed by atoms with Gasteiger partial charge in [0.2, 0.25) is 11.8 Å². The number of aromatic amines is 1. The number of nitrogens with one attached hydrogen (secondary N) is 3. The lowest BCUT2D eigenvalue weighted by Crippen LogP contribution is -2.26. The number of hydrogen-bond donors (Lipinski definition) is 3. The van der Waals surface area contributed by atoms with Gasteiger partial charge < -0.3 is 15.4 Å². The van der Waals surface area contributed by atoms with E-state index in [1.54, 1.807) is 31.2 Å². The van der Waals surface area contributed by atoms with Crippen molar-refractivity contribution in [1.82, 2.24) is 14.8 Å². The highest BCUT2D eigenvalue weighted by atomic mass is 32.2. The van der Waals surface area contributed by atoms with Crippen LogP contribution in [0.3, 0.4) is 0 Å². The molecule has 1 aliphatic rings. The molecule has 2 amide bonds. The fourth-order valence-corrected chi connectivity index (χ4v) is 3.71. The minimum Gasteiger partial charge on any atom is -0.376 e. The summed E-state index contributed by atoms with van der Waals surface area (Å²) in [5, 5.41) is 12.0. The molecule has 1 fully saturated rings. The highest BCUT2D eigenvalue weighted by molar-refractivity contribution is 8.00. The molecule has 3 N–H and O–H groups in total. The van der Waals surface area contributed by atoms with E-state index in [2.05, 4.69) is 20.8 Å². The van der Waals surface area contributed by atoms with Gasteiger partial charge in [0, 0.05) is 24.9 Å². The topological polar surface area (TPSA) is 118 Å². The average molecular weight is 405 g/mol. The molecule has 0 aliphatic carbocycles. The van der Waals surface area contributed by atoms with Crippen molar-refractivity contribution in [3.8, 4) is 0 Å². The van der Waals surface area contributed by atoms with Crippen LogP contribution in [0.4, 0.5) is 11.4 Å². The van der Waals surface area contributed by atoms with Crippen molar-refractivity contribution in [2.24, 2.45) is 0 Å². The van der Waals surface area contributed by atoms with Gasteiger partial charge in [-0.3, -0.25) is 14.2 Å². The molecule has 2 atom stereocenters. The number of aromatic nitrogens is 3. The van der Waals surface area contributed by atoms with Crippen molar-refractivity contribution in [2.45, 2.75) is 49.7 Å². The predicted molar refractivity (Wildman–Crippen MR) is 107 cm³/mol. The molecule has 2 aromatic rings. The third-order valence-corrected chi connectivity index (χ3v) is 5.35. The van der Waals surface area contributed by atoms with Crippen molar-refractivity contribution in [2.75, 3.05) is 17.2 Å². The summed E-state index contributed by atoms with van der Waals surface area (Å²) in [7, 11) is 0. The molecule has 3 rings (SSSR count). The van der Waals surface area contributed by atoms with Crippen LogP contribution in [0.2, 0.25) is 0 Å². The lowest BCUT2D eigenvalue weighted by atomic mass is 10.2. The average Bonchev–Trinajstić information content (AvgIpc) is 3.28. The van der Waals surface area contributed by atoms with Crippen LogP contribution in [-0.4, -0.2) is 44.5 Å². The summed E-state index contributed by atoms with van der Waals surface area (Å²) in [6, 6.07) is 6.84. The summed E-state index contributed by atoms with van der Waals surface area (Å²) in [5.74, 6) is -0.369. The first-order valence-corrected chi connectivity index (χ1v) is 9.92. The molecule has 0 radical (unpaired) electrons.